The number of carboxylic acids is 1. The van der Waals surface area contributed by atoms with Gasteiger partial charge in [0, 0.05) is 6.42 Å². The van der Waals surface area contributed by atoms with Crippen LogP contribution >= 0.6 is 0 Å². The van der Waals surface area contributed by atoms with Gasteiger partial charge in [0.25, 0.3) is 0 Å². The highest BCUT2D eigenvalue weighted by Crippen LogP contribution is 2.29. The van der Waals surface area contributed by atoms with Gasteiger partial charge in [-0.3, -0.25) is 4.79 Å². The van der Waals surface area contributed by atoms with Gasteiger partial charge in [-0.05, 0) is 45.5 Å². The first-order valence-corrected chi connectivity index (χ1v) is 9.47. The molecule has 3 aromatic carbocycles. The number of benzene rings is 3. The molecule has 0 spiro atoms. The second-order valence-electron chi connectivity index (χ2n) is 7.55. The molecule has 3 N–H and O–H groups in total. The van der Waals surface area contributed by atoms with Gasteiger partial charge in [0.2, 0.25) is 5.91 Å². The van der Waals surface area contributed by atoms with Crippen LogP contribution in [-0.4, -0.2) is 34.2 Å². The number of aliphatic carboxylic acids is 1. The number of carbonyl (C=O) groups is 2. The van der Waals surface area contributed by atoms with Gasteiger partial charge in [-0.2, -0.15) is 0 Å². The number of carbonyl (C=O) groups excluding carboxylic acids is 1. The molecule has 3 rings (SSSR count). The summed E-state index contributed by atoms with van der Waals surface area (Å²) in [5.41, 5.74) is 0.875. The fraction of sp³-hybridized carbons (Fsp3) is 0.304. The number of nitrogens with one attached hydrogen (secondary N) is 1. The summed E-state index contributed by atoms with van der Waals surface area (Å²) >= 11 is 0. The molecule has 0 fully saturated rings. The number of carboxylic acid groups (broad SMARTS) is 1. The zero-order chi connectivity index (χ0) is 20.3. The number of aliphatic hydroxyl groups excluding tert-OH is 1. The van der Waals surface area contributed by atoms with Crippen LogP contribution in [0.1, 0.15) is 25.8 Å². The molecule has 0 aliphatic carbocycles. The molecule has 0 aliphatic heterocycles. The van der Waals surface area contributed by atoms with Crippen molar-refractivity contribution in [2.24, 2.45) is 5.92 Å². The second kappa shape index (κ2) is 8.40. The number of hydrogen-bond acceptors (Lipinski definition) is 3. The van der Waals surface area contributed by atoms with Crippen LogP contribution in [-0.2, 0) is 16.0 Å². The molecule has 0 aromatic heterocycles. The zero-order valence-electron chi connectivity index (χ0n) is 16.1. The summed E-state index contributed by atoms with van der Waals surface area (Å²) in [5, 5.41) is 26.2. The number of hydrogen-bond donors (Lipinski definition) is 3. The number of amides is 1. The molecule has 0 bridgehead atoms. The molecule has 5 heteroatoms. The SMILES string of the molecule is CC(C)C[C@H](O)C(=O)N[C@@H](Cc1c2ccccc2cc2ccccc12)C(=O)O. The predicted octanol–water partition coefficient (Wildman–Crippen LogP) is 3.51. The van der Waals surface area contributed by atoms with Crippen molar-refractivity contribution in [3.63, 3.8) is 0 Å². The van der Waals surface area contributed by atoms with Crippen molar-refractivity contribution >= 4 is 33.4 Å². The van der Waals surface area contributed by atoms with Crippen molar-refractivity contribution in [2.75, 3.05) is 0 Å². The fourth-order valence-electron chi connectivity index (χ4n) is 3.55. The third-order valence-electron chi connectivity index (χ3n) is 4.90. The van der Waals surface area contributed by atoms with E-state index in [9.17, 15) is 19.8 Å². The standard InChI is InChI=1S/C23H25NO4/c1-14(2)11-21(25)22(26)24-20(23(27)28)13-19-17-9-5-3-7-15(17)12-16-8-4-6-10-18(16)19/h3-10,12,14,20-21,25H,11,13H2,1-2H3,(H,24,26)(H,27,28)/t20-,21-/m0/s1. The lowest BCUT2D eigenvalue weighted by Gasteiger charge is -2.20. The highest BCUT2D eigenvalue weighted by atomic mass is 16.4. The molecule has 0 aliphatic rings. The van der Waals surface area contributed by atoms with E-state index in [0.717, 1.165) is 27.1 Å². The molecular formula is C23H25NO4. The van der Waals surface area contributed by atoms with Crippen LogP contribution in [0.15, 0.2) is 54.6 Å². The highest BCUT2D eigenvalue weighted by Gasteiger charge is 2.26. The van der Waals surface area contributed by atoms with Crippen LogP contribution in [0.5, 0.6) is 0 Å². The van der Waals surface area contributed by atoms with Gasteiger partial charge in [0.15, 0.2) is 0 Å². The number of fused-ring (bicyclic) bond motifs is 2. The summed E-state index contributed by atoms with van der Waals surface area (Å²) in [7, 11) is 0. The Hall–Kier alpha value is -2.92. The van der Waals surface area contributed by atoms with Gasteiger partial charge >= 0.3 is 5.97 Å². The summed E-state index contributed by atoms with van der Waals surface area (Å²) in [6.45, 7) is 3.79. The Kier molecular flexibility index (Phi) is 5.95. The molecule has 0 saturated carbocycles. The maximum absolute atomic E-state index is 12.3. The van der Waals surface area contributed by atoms with E-state index in [2.05, 4.69) is 11.4 Å². The van der Waals surface area contributed by atoms with Gasteiger partial charge in [0.1, 0.15) is 12.1 Å². The van der Waals surface area contributed by atoms with E-state index in [1.807, 2.05) is 62.4 Å². The molecule has 0 unspecified atom stereocenters. The molecule has 28 heavy (non-hydrogen) atoms. The van der Waals surface area contributed by atoms with Gasteiger partial charge in [-0.25, -0.2) is 4.79 Å². The van der Waals surface area contributed by atoms with Crippen molar-refractivity contribution in [3.05, 3.63) is 60.2 Å². The Bertz CT molecular complexity index is 958. The lowest BCUT2D eigenvalue weighted by atomic mass is 9.92. The summed E-state index contributed by atoms with van der Waals surface area (Å²) in [4.78, 5) is 24.1. The first-order chi connectivity index (χ1) is 13.4. The molecule has 0 saturated heterocycles. The Labute approximate surface area is 164 Å². The first kappa shape index (κ1) is 19.8. The third kappa shape index (κ3) is 4.31. The Morgan fingerprint density at radius 2 is 1.50 bits per heavy atom. The fourth-order valence-corrected chi connectivity index (χ4v) is 3.55. The lowest BCUT2D eigenvalue weighted by molar-refractivity contribution is -0.143. The maximum Gasteiger partial charge on any atom is 0.326 e. The van der Waals surface area contributed by atoms with E-state index in [4.69, 9.17) is 0 Å². The van der Waals surface area contributed by atoms with Crippen molar-refractivity contribution < 1.29 is 19.8 Å². The smallest absolute Gasteiger partial charge is 0.326 e. The van der Waals surface area contributed by atoms with Gasteiger partial charge < -0.3 is 15.5 Å². The second-order valence-corrected chi connectivity index (χ2v) is 7.55. The van der Waals surface area contributed by atoms with E-state index in [1.54, 1.807) is 0 Å². The van der Waals surface area contributed by atoms with Crippen LogP contribution < -0.4 is 5.32 Å². The molecule has 146 valence electrons. The van der Waals surface area contributed by atoms with Crippen LogP contribution in [0.2, 0.25) is 0 Å². The van der Waals surface area contributed by atoms with E-state index in [0.29, 0.717) is 0 Å². The summed E-state index contributed by atoms with van der Waals surface area (Å²) < 4.78 is 0. The van der Waals surface area contributed by atoms with Gasteiger partial charge in [-0.1, -0.05) is 62.4 Å². The molecule has 0 radical (unpaired) electrons. The van der Waals surface area contributed by atoms with Crippen molar-refractivity contribution in [2.45, 2.75) is 38.8 Å². The molecule has 5 nitrogen and oxygen atoms in total. The molecule has 2 atom stereocenters. The average Bonchev–Trinajstić information content (AvgIpc) is 2.66. The molecule has 0 heterocycles. The predicted molar refractivity (Wildman–Crippen MR) is 110 cm³/mol. The Morgan fingerprint density at radius 1 is 0.964 bits per heavy atom. The molecule has 1 amide bonds. The van der Waals surface area contributed by atoms with Crippen LogP contribution in [0.25, 0.3) is 21.5 Å². The lowest BCUT2D eigenvalue weighted by Crippen LogP contribution is -2.47. The molecular weight excluding hydrogens is 354 g/mol. The third-order valence-corrected chi connectivity index (χ3v) is 4.90. The number of aliphatic hydroxyl groups is 1. The highest BCUT2D eigenvalue weighted by molar-refractivity contribution is 6.02. The zero-order valence-corrected chi connectivity index (χ0v) is 16.1. The average molecular weight is 379 g/mol. The Morgan fingerprint density at radius 3 is 2.00 bits per heavy atom. The van der Waals surface area contributed by atoms with E-state index >= 15 is 0 Å². The monoisotopic (exact) mass is 379 g/mol. The van der Waals surface area contributed by atoms with Crippen LogP contribution in [0.3, 0.4) is 0 Å². The first-order valence-electron chi connectivity index (χ1n) is 9.47. The van der Waals surface area contributed by atoms with E-state index < -0.39 is 24.0 Å². The van der Waals surface area contributed by atoms with Crippen molar-refractivity contribution in [1.29, 1.82) is 0 Å². The normalized spacial score (nSPS) is 13.6. The van der Waals surface area contributed by atoms with Gasteiger partial charge in [0.05, 0.1) is 0 Å². The van der Waals surface area contributed by atoms with Crippen LogP contribution in [0.4, 0.5) is 0 Å². The Balaban J connectivity index is 1.98. The van der Waals surface area contributed by atoms with Crippen molar-refractivity contribution in [1.82, 2.24) is 5.32 Å². The largest absolute Gasteiger partial charge is 0.480 e. The van der Waals surface area contributed by atoms with Gasteiger partial charge in [-0.15, -0.1) is 0 Å². The summed E-state index contributed by atoms with van der Waals surface area (Å²) in [6.07, 6.45) is -0.793. The topological polar surface area (TPSA) is 86.6 Å². The number of rotatable bonds is 7. The minimum Gasteiger partial charge on any atom is -0.480 e. The molecule has 3 aromatic rings. The summed E-state index contributed by atoms with van der Waals surface area (Å²) in [5.74, 6) is -1.64. The maximum atomic E-state index is 12.3. The quantitative estimate of drug-likeness (QED) is 0.548. The van der Waals surface area contributed by atoms with Crippen LogP contribution in [0, 0.1) is 5.92 Å². The summed E-state index contributed by atoms with van der Waals surface area (Å²) in [6, 6.07) is 16.6. The van der Waals surface area contributed by atoms with E-state index in [1.165, 1.54) is 0 Å². The minimum absolute atomic E-state index is 0.131. The van der Waals surface area contributed by atoms with E-state index in [-0.39, 0.29) is 18.8 Å². The minimum atomic E-state index is -1.22. The van der Waals surface area contributed by atoms with Crippen molar-refractivity contribution in [3.8, 4) is 0 Å².